The molecule has 0 spiro atoms. The topological polar surface area (TPSA) is 13.1 Å². The van der Waals surface area contributed by atoms with E-state index in [4.69, 9.17) is 11.0 Å². The van der Waals surface area contributed by atoms with E-state index < -0.39 is 0 Å². The smallest absolute Gasteiger partial charge is 0.143 e. The first-order valence-corrected chi connectivity index (χ1v) is 17.3. The molecule has 2 atom stereocenters. The lowest BCUT2D eigenvalue weighted by atomic mass is 9.77. The number of hydrogen-bond acceptors (Lipinski definition) is 2. The minimum atomic E-state index is 0.155. The highest BCUT2D eigenvalue weighted by Gasteiger charge is 2.25. The van der Waals surface area contributed by atoms with Gasteiger partial charge in [0.05, 0.1) is 0 Å². The van der Waals surface area contributed by atoms with Gasteiger partial charge in [-0.2, -0.15) is 0 Å². The molecule has 2 heterocycles. The van der Waals surface area contributed by atoms with Crippen LogP contribution >= 0.6 is 11.3 Å². The summed E-state index contributed by atoms with van der Waals surface area (Å²) in [5.41, 5.74) is 6.61. The van der Waals surface area contributed by atoms with E-state index >= 15 is 0 Å². The van der Waals surface area contributed by atoms with Gasteiger partial charge in [-0.3, -0.25) is 0 Å². The van der Waals surface area contributed by atoms with Crippen molar-refractivity contribution in [1.29, 1.82) is 0 Å². The predicted octanol–water partition coefficient (Wildman–Crippen LogP) is 13.6. The zero-order valence-electron chi connectivity index (χ0n) is 26.2. The fourth-order valence-electron chi connectivity index (χ4n) is 8.17. The van der Waals surface area contributed by atoms with E-state index in [1.807, 2.05) is 17.4 Å². The Morgan fingerprint density at radius 1 is 0.604 bits per heavy atom. The molecule has 7 aromatic carbocycles. The molecule has 2 unspecified atom stereocenters. The molecular formula is C46H30OS. The number of benzene rings is 7. The molecule has 226 valence electrons. The minimum absolute atomic E-state index is 0.155. The lowest BCUT2D eigenvalue weighted by Crippen LogP contribution is -2.12. The van der Waals surface area contributed by atoms with Crippen LogP contribution in [0.5, 0.6) is 0 Å². The number of allylic oxidation sites excluding steroid dienone is 6. The van der Waals surface area contributed by atoms with Gasteiger partial charge in [-0.1, -0.05) is 116 Å². The Morgan fingerprint density at radius 3 is 2.02 bits per heavy atom. The zero-order chi connectivity index (χ0) is 31.9. The minimum Gasteiger partial charge on any atom is -0.455 e. The van der Waals surface area contributed by atoms with Gasteiger partial charge in [0.1, 0.15) is 11.2 Å². The molecule has 1 aliphatic rings. The van der Waals surface area contributed by atoms with Crippen LogP contribution in [0.1, 0.15) is 5.56 Å². The molecule has 0 aliphatic heterocycles. The predicted molar refractivity (Wildman–Crippen MR) is 209 cm³/mol. The summed E-state index contributed by atoms with van der Waals surface area (Å²) in [6.07, 6.45) is 10.8. The molecule has 0 radical (unpaired) electrons. The number of thiophene rings is 1. The lowest BCUT2D eigenvalue weighted by Gasteiger charge is -2.26. The summed E-state index contributed by atoms with van der Waals surface area (Å²) in [5.74, 6) is 0.365. The van der Waals surface area contributed by atoms with E-state index in [9.17, 15) is 0 Å². The maximum atomic E-state index is 6.68. The third-order valence-electron chi connectivity index (χ3n) is 10.4. The second kappa shape index (κ2) is 10.4. The normalized spacial score (nSPS) is 16.3. The van der Waals surface area contributed by atoms with Crippen LogP contribution in [0.25, 0.3) is 91.1 Å². The summed E-state index contributed by atoms with van der Waals surface area (Å²) < 4.78 is 9.30. The Kier molecular flexibility index (Phi) is 5.94. The van der Waals surface area contributed by atoms with Crippen LogP contribution in [-0.2, 0) is 0 Å². The molecular weight excluding hydrogens is 601 g/mol. The van der Waals surface area contributed by atoms with Crippen LogP contribution in [0.15, 0.2) is 163 Å². The average molecular weight is 631 g/mol. The Balaban J connectivity index is 1.21. The molecule has 0 saturated carbocycles. The summed E-state index contributed by atoms with van der Waals surface area (Å²) in [7, 11) is 0. The molecule has 1 aliphatic carbocycles. The first-order chi connectivity index (χ1) is 23.7. The van der Waals surface area contributed by atoms with Gasteiger partial charge in [0.2, 0.25) is 0 Å². The summed E-state index contributed by atoms with van der Waals surface area (Å²) in [6.45, 7) is 8.87. The molecule has 0 bridgehead atoms. The summed E-state index contributed by atoms with van der Waals surface area (Å²) >= 11 is 1.85. The largest absolute Gasteiger partial charge is 0.455 e. The molecule has 0 amide bonds. The van der Waals surface area contributed by atoms with E-state index in [1.165, 1.54) is 63.8 Å². The maximum Gasteiger partial charge on any atom is 0.143 e. The van der Waals surface area contributed by atoms with Crippen LogP contribution in [0.3, 0.4) is 0 Å². The van der Waals surface area contributed by atoms with Crippen LogP contribution in [-0.4, -0.2) is 0 Å². The number of rotatable bonds is 4. The fraction of sp³-hybridized carbons (Fsp3) is 0.0435. The van der Waals surface area contributed by atoms with Crippen molar-refractivity contribution in [3.05, 3.63) is 164 Å². The molecule has 48 heavy (non-hydrogen) atoms. The van der Waals surface area contributed by atoms with Crippen molar-refractivity contribution in [3.63, 3.8) is 0 Å². The molecule has 2 heteroatoms. The third-order valence-corrected chi connectivity index (χ3v) is 11.5. The van der Waals surface area contributed by atoms with Gasteiger partial charge >= 0.3 is 0 Å². The van der Waals surface area contributed by atoms with Crippen molar-refractivity contribution in [2.24, 2.45) is 11.8 Å². The highest BCUT2D eigenvalue weighted by molar-refractivity contribution is 7.26. The second-order valence-corrected chi connectivity index (χ2v) is 13.9. The van der Waals surface area contributed by atoms with Crippen molar-refractivity contribution >= 4 is 91.3 Å². The summed E-state index contributed by atoms with van der Waals surface area (Å²) in [6, 6.07) is 42.1. The van der Waals surface area contributed by atoms with Crippen molar-refractivity contribution < 1.29 is 4.42 Å². The molecule has 0 N–H and O–H groups in total. The summed E-state index contributed by atoms with van der Waals surface area (Å²) in [5, 5.41) is 12.2. The first kappa shape index (κ1) is 27.4. The van der Waals surface area contributed by atoms with E-state index in [1.54, 1.807) is 0 Å². The monoisotopic (exact) mass is 630 g/mol. The number of hydrogen-bond donors (Lipinski definition) is 0. The Hall–Kier alpha value is -5.70. The lowest BCUT2D eigenvalue weighted by molar-refractivity contribution is 0.673. The van der Waals surface area contributed by atoms with Crippen molar-refractivity contribution in [3.8, 4) is 11.1 Å². The van der Waals surface area contributed by atoms with Crippen LogP contribution < -0.4 is 0 Å². The zero-order valence-corrected chi connectivity index (χ0v) is 27.1. The van der Waals surface area contributed by atoms with Crippen molar-refractivity contribution in [1.82, 2.24) is 0 Å². The third kappa shape index (κ3) is 3.84. The van der Waals surface area contributed by atoms with Gasteiger partial charge < -0.3 is 4.42 Å². The van der Waals surface area contributed by atoms with E-state index in [-0.39, 0.29) is 11.8 Å². The van der Waals surface area contributed by atoms with Gasteiger partial charge in [-0.05, 0) is 85.6 Å². The highest BCUT2D eigenvalue weighted by atomic mass is 32.1. The van der Waals surface area contributed by atoms with Gasteiger partial charge in [-0.25, -0.2) is 0 Å². The van der Waals surface area contributed by atoms with E-state index in [2.05, 4.69) is 146 Å². The van der Waals surface area contributed by atoms with Gasteiger partial charge in [0, 0.05) is 48.2 Å². The van der Waals surface area contributed by atoms with Crippen molar-refractivity contribution in [2.75, 3.05) is 0 Å². The number of fused-ring (bicyclic) bond motifs is 11. The average Bonchev–Trinajstić information content (AvgIpc) is 3.72. The van der Waals surface area contributed by atoms with E-state index in [0.29, 0.717) is 0 Å². The second-order valence-electron chi connectivity index (χ2n) is 12.9. The SMILES string of the molecule is C=CC1C=CC=CC1C(=C)c1c2ccccc2c(-c2ccc3oc4c(ccc5c4ccc4sc6ccccc6c45)c3c2)c2ccccc12. The Labute approximate surface area is 282 Å². The van der Waals surface area contributed by atoms with Gasteiger partial charge in [-0.15, -0.1) is 17.9 Å². The van der Waals surface area contributed by atoms with Crippen LogP contribution in [0, 0.1) is 11.8 Å². The number of furan rings is 1. The molecule has 1 nitrogen and oxygen atoms in total. The molecule has 2 aromatic heterocycles. The highest BCUT2D eigenvalue weighted by Crippen LogP contribution is 2.47. The van der Waals surface area contributed by atoms with Crippen LogP contribution in [0.2, 0.25) is 0 Å². The fourth-order valence-corrected chi connectivity index (χ4v) is 9.29. The standard InChI is InChI=1S/C46H30OS/c1-3-28-12-4-5-13-30(28)27(2)43-31-14-6-8-16-33(31)44(34-17-9-7-15-32(34)43)29-20-24-40-39(26-29)37-22-21-35-36(46(37)47-40)23-25-42-45(35)38-18-10-11-19-41(38)48-42/h3-26,28,30H,1-2H2. The molecule has 0 saturated heterocycles. The first-order valence-electron chi connectivity index (χ1n) is 16.5. The maximum absolute atomic E-state index is 6.68. The van der Waals surface area contributed by atoms with Gasteiger partial charge in [0.15, 0.2) is 0 Å². The molecule has 10 rings (SSSR count). The van der Waals surface area contributed by atoms with Crippen LogP contribution in [0.4, 0.5) is 0 Å². The Morgan fingerprint density at radius 2 is 1.25 bits per heavy atom. The molecule has 9 aromatic rings. The van der Waals surface area contributed by atoms with E-state index in [0.717, 1.165) is 32.9 Å². The van der Waals surface area contributed by atoms with Crippen molar-refractivity contribution in [2.45, 2.75) is 0 Å². The van der Waals surface area contributed by atoms with Gasteiger partial charge in [0.25, 0.3) is 0 Å². The summed E-state index contributed by atoms with van der Waals surface area (Å²) in [4.78, 5) is 0. The molecule has 0 fully saturated rings. The quantitative estimate of drug-likeness (QED) is 0.139. The Bertz CT molecular complexity index is 2830.